The fraction of sp³-hybridized carbons (Fsp3) is 0.800. The molecule has 0 heterocycles. The van der Waals surface area contributed by atoms with Gasteiger partial charge in [0.1, 0.15) is 0 Å². The number of carbonyl (C=O) groups excluding carboxylic acids is 4. The van der Waals surface area contributed by atoms with Gasteiger partial charge in [-0.05, 0) is 162 Å². The van der Waals surface area contributed by atoms with Crippen LogP contribution in [0.2, 0.25) is 0 Å². The van der Waals surface area contributed by atoms with E-state index >= 15 is 0 Å². The molecular weight excluding hydrogens is 608 g/mol. The summed E-state index contributed by atoms with van der Waals surface area (Å²) in [4.78, 5) is 49.9. The third kappa shape index (κ3) is 6.75. The SMILES string of the molecule is C=C(C)C(=O)OCC1CC2C3CC(COC(=O)C4CCC(C(=O)OCC5CC6CC5C5CC(COC(=O)C(=C)C)CC65)CC4)C(C3)C2C1. The first-order valence-electron chi connectivity index (χ1n) is 19.0. The maximum absolute atomic E-state index is 13.1. The van der Waals surface area contributed by atoms with E-state index in [1.807, 2.05) is 0 Å². The molecule has 7 aliphatic carbocycles. The first-order valence-corrected chi connectivity index (χ1v) is 19.0. The van der Waals surface area contributed by atoms with Crippen LogP contribution < -0.4 is 0 Å². The van der Waals surface area contributed by atoms with Gasteiger partial charge in [0.25, 0.3) is 0 Å². The Morgan fingerprint density at radius 3 is 1.23 bits per heavy atom. The van der Waals surface area contributed by atoms with E-state index in [4.69, 9.17) is 18.9 Å². The van der Waals surface area contributed by atoms with Gasteiger partial charge in [-0.3, -0.25) is 9.59 Å². The van der Waals surface area contributed by atoms with Gasteiger partial charge in [-0.25, -0.2) is 9.59 Å². The number of rotatable bonds is 12. The third-order valence-corrected chi connectivity index (χ3v) is 14.3. The fourth-order valence-corrected chi connectivity index (χ4v) is 12.1. The number of hydrogen-bond donors (Lipinski definition) is 0. The summed E-state index contributed by atoms with van der Waals surface area (Å²) in [7, 11) is 0. The Balaban J connectivity index is 0.790. The van der Waals surface area contributed by atoms with Crippen molar-refractivity contribution in [3.8, 4) is 0 Å². The highest BCUT2D eigenvalue weighted by Gasteiger charge is 2.57. The van der Waals surface area contributed by atoms with E-state index in [2.05, 4.69) is 13.2 Å². The number of fused-ring (bicyclic) bond motifs is 10. The minimum absolute atomic E-state index is 0.0852. The molecule has 0 aromatic heterocycles. The van der Waals surface area contributed by atoms with E-state index in [1.165, 1.54) is 12.8 Å². The lowest BCUT2D eigenvalue weighted by molar-refractivity contribution is -0.157. The maximum Gasteiger partial charge on any atom is 0.333 e. The molecule has 48 heavy (non-hydrogen) atoms. The van der Waals surface area contributed by atoms with Gasteiger partial charge < -0.3 is 18.9 Å². The van der Waals surface area contributed by atoms with Crippen molar-refractivity contribution in [1.29, 1.82) is 0 Å². The van der Waals surface area contributed by atoms with Crippen LogP contribution >= 0.6 is 0 Å². The Bertz CT molecular complexity index is 1200. The zero-order chi connectivity index (χ0) is 33.7. The van der Waals surface area contributed by atoms with Crippen molar-refractivity contribution in [2.75, 3.05) is 26.4 Å². The number of ether oxygens (including phenoxy) is 4. The minimum atomic E-state index is -0.291. The predicted molar refractivity (Wildman–Crippen MR) is 178 cm³/mol. The van der Waals surface area contributed by atoms with Crippen molar-refractivity contribution in [2.24, 2.45) is 82.9 Å². The van der Waals surface area contributed by atoms with Crippen molar-refractivity contribution in [1.82, 2.24) is 0 Å². The molecule has 0 aromatic rings. The molecule has 264 valence electrons. The zero-order valence-corrected chi connectivity index (χ0v) is 29.1. The highest BCUT2D eigenvalue weighted by atomic mass is 16.5. The van der Waals surface area contributed by atoms with Crippen LogP contribution in [0.3, 0.4) is 0 Å². The van der Waals surface area contributed by atoms with E-state index in [9.17, 15) is 19.2 Å². The molecule has 12 atom stereocenters. The lowest BCUT2D eigenvalue weighted by Crippen LogP contribution is -2.32. The second kappa shape index (κ2) is 13.9. The molecule has 0 saturated heterocycles. The summed E-state index contributed by atoms with van der Waals surface area (Å²) in [6.07, 6.45) is 12.1. The molecule has 0 amide bonds. The van der Waals surface area contributed by atoms with Crippen LogP contribution in [0.25, 0.3) is 0 Å². The smallest absolute Gasteiger partial charge is 0.333 e. The Morgan fingerprint density at radius 1 is 0.479 bits per heavy atom. The maximum atomic E-state index is 13.1. The molecule has 8 heteroatoms. The number of hydrogen-bond acceptors (Lipinski definition) is 8. The highest BCUT2D eigenvalue weighted by molar-refractivity contribution is 5.87. The van der Waals surface area contributed by atoms with Crippen molar-refractivity contribution in [3.05, 3.63) is 24.3 Å². The quantitative estimate of drug-likeness (QED) is 0.129. The van der Waals surface area contributed by atoms with Gasteiger partial charge in [0.15, 0.2) is 0 Å². The van der Waals surface area contributed by atoms with Crippen LogP contribution in [0.1, 0.15) is 90.9 Å². The molecule has 0 radical (unpaired) electrons. The minimum Gasteiger partial charge on any atom is -0.465 e. The van der Waals surface area contributed by atoms with Gasteiger partial charge in [-0.2, -0.15) is 0 Å². The summed E-state index contributed by atoms with van der Waals surface area (Å²) >= 11 is 0. The van der Waals surface area contributed by atoms with Gasteiger partial charge in [0.05, 0.1) is 38.3 Å². The Morgan fingerprint density at radius 2 is 0.854 bits per heavy atom. The highest BCUT2D eigenvalue weighted by Crippen LogP contribution is 2.63. The van der Waals surface area contributed by atoms with E-state index in [1.54, 1.807) is 13.8 Å². The Labute approximate surface area is 286 Å². The molecule has 0 aliphatic heterocycles. The van der Waals surface area contributed by atoms with Gasteiger partial charge >= 0.3 is 23.9 Å². The summed E-state index contributed by atoms with van der Waals surface area (Å²) in [6.45, 7) is 12.8. The summed E-state index contributed by atoms with van der Waals surface area (Å²) in [5.41, 5.74) is 0.906. The first-order chi connectivity index (χ1) is 23.0. The molecule has 0 aromatic carbocycles. The fourth-order valence-electron chi connectivity index (χ4n) is 12.1. The number of esters is 4. The van der Waals surface area contributed by atoms with Gasteiger partial charge in [0, 0.05) is 11.1 Å². The van der Waals surface area contributed by atoms with Crippen LogP contribution in [0.15, 0.2) is 24.3 Å². The summed E-state index contributed by atoms with van der Waals surface area (Å²) < 4.78 is 22.8. The van der Waals surface area contributed by atoms with Gasteiger partial charge in [0.2, 0.25) is 0 Å². The van der Waals surface area contributed by atoms with Gasteiger partial charge in [-0.1, -0.05) is 13.2 Å². The Kier molecular flexibility index (Phi) is 9.82. The van der Waals surface area contributed by atoms with Gasteiger partial charge in [-0.15, -0.1) is 0 Å². The van der Waals surface area contributed by atoms with E-state index in [-0.39, 0.29) is 35.7 Å². The summed E-state index contributed by atoms with van der Waals surface area (Å²) in [5, 5.41) is 0. The molecule has 7 rings (SSSR count). The summed E-state index contributed by atoms with van der Waals surface area (Å²) in [6, 6.07) is 0. The van der Waals surface area contributed by atoms with E-state index in [0.717, 1.165) is 50.4 Å². The van der Waals surface area contributed by atoms with E-state index in [0.29, 0.717) is 122 Å². The van der Waals surface area contributed by atoms with Crippen LogP contribution in [0.5, 0.6) is 0 Å². The molecule has 7 aliphatic rings. The van der Waals surface area contributed by atoms with Crippen LogP contribution in [-0.2, 0) is 38.1 Å². The first kappa shape index (κ1) is 33.8. The average molecular weight is 665 g/mol. The van der Waals surface area contributed by atoms with Crippen molar-refractivity contribution >= 4 is 23.9 Å². The van der Waals surface area contributed by atoms with E-state index < -0.39 is 0 Å². The molecule has 7 saturated carbocycles. The second-order valence-corrected chi connectivity index (χ2v) is 17.2. The molecular formula is C40H56O8. The topological polar surface area (TPSA) is 105 Å². The lowest BCUT2D eigenvalue weighted by atomic mass is 9.76. The molecule has 7 fully saturated rings. The molecule has 8 nitrogen and oxygen atoms in total. The standard InChI is InChI=1S/C40H56O8/c1-21(2)37(41)45-17-23-9-31-27-13-29(33(15-27)35(31)11-23)19-47-39(43)25-5-7-26(8-6-25)40(44)48-20-30-14-28-16-34(30)36-12-24(10-32(28)36)18-46-38(42)22(3)4/h23-36H,1,3,5-20H2,2,4H3. The summed E-state index contributed by atoms with van der Waals surface area (Å²) in [5.74, 6) is 6.19. The monoisotopic (exact) mass is 664 g/mol. The van der Waals surface area contributed by atoms with Crippen molar-refractivity contribution in [3.63, 3.8) is 0 Å². The average Bonchev–Trinajstić information content (AvgIpc) is 3.91. The van der Waals surface area contributed by atoms with Crippen LogP contribution in [0.4, 0.5) is 0 Å². The third-order valence-electron chi connectivity index (χ3n) is 14.3. The van der Waals surface area contributed by atoms with Crippen molar-refractivity contribution in [2.45, 2.75) is 90.9 Å². The molecule has 12 unspecified atom stereocenters. The normalized spacial score (nSPS) is 41.8. The second-order valence-electron chi connectivity index (χ2n) is 17.2. The molecule has 4 bridgehead atoms. The number of carbonyl (C=O) groups is 4. The lowest BCUT2D eigenvalue weighted by Gasteiger charge is -2.32. The van der Waals surface area contributed by atoms with Crippen LogP contribution in [0, 0.1) is 82.9 Å². The zero-order valence-electron chi connectivity index (χ0n) is 29.1. The van der Waals surface area contributed by atoms with Crippen LogP contribution in [-0.4, -0.2) is 50.3 Å². The van der Waals surface area contributed by atoms with Crippen molar-refractivity contribution < 1.29 is 38.1 Å². The largest absolute Gasteiger partial charge is 0.465 e. The predicted octanol–water partition coefficient (Wildman–Crippen LogP) is 6.71. The molecule has 0 spiro atoms. The molecule has 0 N–H and O–H groups in total. The Hall–Kier alpha value is -2.64.